The predicted octanol–water partition coefficient (Wildman–Crippen LogP) is 1.85. The minimum absolute atomic E-state index is 0.908. The van der Waals surface area contributed by atoms with Crippen LogP contribution in [-0.4, -0.2) is 39.4 Å². The van der Waals surface area contributed by atoms with Crippen LogP contribution < -0.4 is 10.2 Å². The normalized spacial score (nSPS) is 14.6. The van der Waals surface area contributed by atoms with Crippen molar-refractivity contribution in [3.8, 4) is 0 Å². The lowest BCUT2D eigenvalue weighted by atomic mass is 10.2. The van der Waals surface area contributed by atoms with E-state index in [9.17, 15) is 0 Å². The molecule has 1 fully saturated rings. The average molecular weight is 286 g/mol. The van der Waals surface area contributed by atoms with Gasteiger partial charge in [-0.05, 0) is 31.2 Å². The monoisotopic (exact) mass is 286 g/mol. The Morgan fingerprint density at radius 2 is 2.10 bits per heavy atom. The van der Waals surface area contributed by atoms with Gasteiger partial charge in [0.1, 0.15) is 18.0 Å². The van der Waals surface area contributed by atoms with Gasteiger partial charge < -0.3 is 10.2 Å². The lowest BCUT2D eigenvalue weighted by Gasteiger charge is -2.16. The van der Waals surface area contributed by atoms with Gasteiger partial charge in [-0.2, -0.15) is 5.10 Å². The highest BCUT2D eigenvalue weighted by Gasteiger charge is 2.13. The molecule has 6 heteroatoms. The van der Waals surface area contributed by atoms with Gasteiger partial charge in [0.15, 0.2) is 0 Å². The van der Waals surface area contributed by atoms with Gasteiger partial charge in [-0.25, -0.2) is 9.97 Å². The zero-order valence-corrected chi connectivity index (χ0v) is 12.5. The van der Waals surface area contributed by atoms with Gasteiger partial charge in [0.25, 0.3) is 0 Å². The number of rotatable bonds is 6. The fourth-order valence-electron chi connectivity index (χ4n) is 2.67. The fourth-order valence-corrected chi connectivity index (χ4v) is 2.67. The van der Waals surface area contributed by atoms with Gasteiger partial charge in [0.05, 0.1) is 6.20 Å². The second-order valence-electron chi connectivity index (χ2n) is 5.51. The van der Waals surface area contributed by atoms with E-state index in [0.29, 0.717) is 0 Å². The zero-order valence-electron chi connectivity index (χ0n) is 12.5. The fraction of sp³-hybridized carbons (Fsp3) is 0.533. The molecule has 0 aliphatic carbocycles. The van der Waals surface area contributed by atoms with Gasteiger partial charge in [-0.3, -0.25) is 4.68 Å². The highest BCUT2D eigenvalue weighted by Crippen LogP contribution is 2.19. The van der Waals surface area contributed by atoms with Gasteiger partial charge in [-0.1, -0.05) is 0 Å². The maximum absolute atomic E-state index is 4.36. The largest absolute Gasteiger partial charge is 0.370 e. The molecule has 2 aromatic rings. The van der Waals surface area contributed by atoms with Crippen LogP contribution in [0.15, 0.2) is 24.8 Å². The molecule has 0 saturated carbocycles. The van der Waals surface area contributed by atoms with E-state index in [0.717, 1.165) is 44.1 Å². The Hall–Kier alpha value is -2.11. The van der Waals surface area contributed by atoms with Crippen LogP contribution in [0.5, 0.6) is 0 Å². The number of anilines is 2. The first-order valence-electron chi connectivity index (χ1n) is 7.60. The Labute approximate surface area is 125 Å². The van der Waals surface area contributed by atoms with Crippen molar-refractivity contribution < 1.29 is 0 Å². The van der Waals surface area contributed by atoms with Crippen molar-refractivity contribution in [1.82, 2.24) is 19.7 Å². The first-order valence-corrected chi connectivity index (χ1v) is 7.60. The van der Waals surface area contributed by atoms with E-state index >= 15 is 0 Å². The molecule has 1 aliphatic rings. The molecule has 0 radical (unpaired) electrons. The number of nitrogens with one attached hydrogen (secondary N) is 1. The quantitative estimate of drug-likeness (QED) is 0.821. The molecule has 3 rings (SSSR count). The summed E-state index contributed by atoms with van der Waals surface area (Å²) in [6.45, 7) is 3.13. The molecule has 1 saturated heterocycles. The number of nitrogens with zero attached hydrogens (tertiary/aromatic N) is 5. The maximum atomic E-state index is 4.36. The summed E-state index contributed by atoms with van der Waals surface area (Å²) >= 11 is 0. The van der Waals surface area contributed by atoms with E-state index in [1.807, 2.05) is 17.9 Å². The van der Waals surface area contributed by atoms with E-state index < -0.39 is 0 Å². The van der Waals surface area contributed by atoms with Gasteiger partial charge in [0.2, 0.25) is 0 Å². The second kappa shape index (κ2) is 6.56. The molecule has 1 N–H and O–H groups in total. The van der Waals surface area contributed by atoms with E-state index in [-0.39, 0.29) is 0 Å². The van der Waals surface area contributed by atoms with Crippen LogP contribution in [0.1, 0.15) is 24.8 Å². The molecule has 0 atom stereocenters. The minimum Gasteiger partial charge on any atom is -0.370 e. The number of aromatic nitrogens is 4. The number of aryl methyl sites for hydroxylation is 2. The summed E-state index contributed by atoms with van der Waals surface area (Å²) in [6, 6.07) is 2.05. The third kappa shape index (κ3) is 3.71. The molecule has 0 aromatic carbocycles. The SMILES string of the molecule is Cn1cc(CCCNc2cc(N3CCCC3)ncn2)cn1. The topological polar surface area (TPSA) is 58.9 Å². The summed E-state index contributed by atoms with van der Waals surface area (Å²) < 4.78 is 1.84. The highest BCUT2D eigenvalue weighted by atomic mass is 15.2. The first-order chi connectivity index (χ1) is 10.3. The van der Waals surface area contributed by atoms with Crippen LogP contribution in [0.2, 0.25) is 0 Å². The first kappa shape index (κ1) is 13.9. The zero-order chi connectivity index (χ0) is 14.5. The molecular formula is C15H22N6. The molecule has 0 unspecified atom stereocenters. The van der Waals surface area contributed by atoms with Crippen LogP contribution >= 0.6 is 0 Å². The van der Waals surface area contributed by atoms with Crippen molar-refractivity contribution in [3.05, 3.63) is 30.4 Å². The Morgan fingerprint density at radius 1 is 1.24 bits per heavy atom. The summed E-state index contributed by atoms with van der Waals surface area (Å²) in [5, 5.41) is 7.56. The van der Waals surface area contributed by atoms with Gasteiger partial charge in [-0.15, -0.1) is 0 Å². The third-order valence-corrected chi connectivity index (χ3v) is 3.79. The van der Waals surface area contributed by atoms with E-state index in [4.69, 9.17) is 0 Å². The molecule has 3 heterocycles. The summed E-state index contributed by atoms with van der Waals surface area (Å²) in [6.07, 6.45) is 10.3. The summed E-state index contributed by atoms with van der Waals surface area (Å²) in [5.74, 6) is 1.95. The molecule has 2 aromatic heterocycles. The van der Waals surface area contributed by atoms with E-state index in [1.165, 1.54) is 18.4 Å². The van der Waals surface area contributed by atoms with Crippen LogP contribution in [0.3, 0.4) is 0 Å². The predicted molar refractivity (Wildman–Crippen MR) is 83.5 cm³/mol. The smallest absolute Gasteiger partial charge is 0.134 e. The molecule has 0 spiro atoms. The highest BCUT2D eigenvalue weighted by molar-refractivity contribution is 5.48. The summed E-state index contributed by atoms with van der Waals surface area (Å²) in [5.41, 5.74) is 1.28. The molecule has 112 valence electrons. The van der Waals surface area contributed by atoms with Crippen molar-refractivity contribution in [2.75, 3.05) is 29.9 Å². The molecule has 0 bridgehead atoms. The van der Waals surface area contributed by atoms with Gasteiger partial charge >= 0.3 is 0 Å². The summed E-state index contributed by atoms with van der Waals surface area (Å²) in [7, 11) is 1.95. The van der Waals surface area contributed by atoms with Crippen LogP contribution in [0.4, 0.5) is 11.6 Å². The third-order valence-electron chi connectivity index (χ3n) is 3.79. The van der Waals surface area contributed by atoms with Crippen molar-refractivity contribution in [1.29, 1.82) is 0 Å². The van der Waals surface area contributed by atoms with Crippen LogP contribution in [0.25, 0.3) is 0 Å². The molecular weight excluding hydrogens is 264 g/mol. The molecule has 1 aliphatic heterocycles. The van der Waals surface area contributed by atoms with Crippen molar-refractivity contribution in [3.63, 3.8) is 0 Å². The second-order valence-corrected chi connectivity index (χ2v) is 5.51. The van der Waals surface area contributed by atoms with Crippen LogP contribution in [0, 0.1) is 0 Å². The standard InChI is InChI=1S/C15H22N6/c1-20-11-13(10-19-20)5-4-6-16-14-9-15(18-12-17-14)21-7-2-3-8-21/h9-12H,2-8H2,1H3,(H,16,17,18). The molecule has 0 amide bonds. The average Bonchev–Trinajstić information content (AvgIpc) is 3.16. The Bertz CT molecular complexity index is 573. The van der Waals surface area contributed by atoms with Gasteiger partial charge in [0, 0.05) is 38.9 Å². The van der Waals surface area contributed by atoms with Crippen molar-refractivity contribution >= 4 is 11.6 Å². The number of hydrogen-bond donors (Lipinski definition) is 1. The van der Waals surface area contributed by atoms with E-state index in [2.05, 4.69) is 37.5 Å². The Balaban J connectivity index is 1.47. The van der Waals surface area contributed by atoms with Crippen LogP contribution in [-0.2, 0) is 13.5 Å². The van der Waals surface area contributed by atoms with E-state index in [1.54, 1.807) is 6.33 Å². The van der Waals surface area contributed by atoms with Crippen molar-refractivity contribution in [2.24, 2.45) is 7.05 Å². The van der Waals surface area contributed by atoms with Crippen molar-refractivity contribution in [2.45, 2.75) is 25.7 Å². The maximum Gasteiger partial charge on any atom is 0.134 e. The minimum atomic E-state index is 0.908. The lowest BCUT2D eigenvalue weighted by molar-refractivity contribution is 0.765. The summed E-state index contributed by atoms with van der Waals surface area (Å²) in [4.78, 5) is 11.0. The Morgan fingerprint density at radius 3 is 2.86 bits per heavy atom. The molecule has 21 heavy (non-hydrogen) atoms. The Kier molecular flexibility index (Phi) is 4.33. The number of hydrogen-bond acceptors (Lipinski definition) is 5. The molecule has 6 nitrogen and oxygen atoms in total. The lowest BCUT2D eigenvalue weighted by Crippen LogP contribution is -2.19.